The summed E-state index contributed by atoms with van der Waals surface area (Å²) in [5.41, 5.74) is 2.93. The average molecular weight is 255 g/mol. The lowest BCUT2D eigenvalue weighted by atomic mass is 9.88. The van der Waals surface area contributed by atoms with E-state index in [1.165, 1.54) is 24.1 Å². The van der Waals surface area contributed by atoms with Gasteiger partial charge in [-0.2, -0.15) is 0 Å². The number of hydrogen-bond acceptors (Lipinski definition) is 1. The summed E-state index contributed by atoms with van der Waals surface area (Å²) in [4.78, 5) is 2.35. The molecule has 1 aliphatic rings. The monoisotopic (exact) mass is 255 g/mol. The van der Waals surface area contributed by atoms with Crippen molar-refractivity contribution in [1.29, 1.82) is 0 Å². The molecule has 0 radical (unpaired) electrons. The van der Waals surface area contributed by atoms with Crippen LogP contribution in [0.2, 0.25) is 0 Å². The fourth-order valence-electron chi connectivity index (χ4n) is 2.83. The van der Waals surface area contributed by atoms with E-state index in [4.69, 9.17) is 0 Å². The van der Waals surface area contributed by atoms with Crippen LogP contribution in [-0.2, 0) is 0 Å². The van der Waals surface area contributed by atoms with Gasteiger partial charge in [0.1, 0.15) is 0 Å². The Kier molecular flexibility index (Phi) is 4.84. The Morgan fingerprint density at radius 3 is 2.58 bits per heavy atom. The third-order valence-corrected chi connectivity index (χ3v) is 3.98. The normalized spacial score (nSPS) is 18.1. The van der Waals surface area contributed by atoms with Crippen LogP contribution in [0.25, 0.3) is 0 Å². The summed E-state index contributed by atoms with van der Waals surface area (Å²) in [7, 11) is 2.18. The highest BCUT2D eigenvalue weighted by Crippen LogP contribution is 2.27. The lowest BCUT2D eigenvalue weighted by molar-refractivity contribution is 0.385. The van der Waals surface area contributed by atoms with Crippen LogP contribution >= 0.6 is 0 Å². The molecular formula is C18H25N. The first-order valence-corrected chi connectivity index (χ1v) is 7.28. The van der Waals surface area contributed by atoms with E-state index >= 15 is 0 Å². The molecule has 0 bridgehead atoms. The average Bonchev–Trinajstić information content (AvgIpc) is 2.42. The summed E-state index contributed by atoms with van der Waals surface area (Å²) in [6.07, 6.45) is 9.08. The van der Waals surface area contributed by atoms with Gasteiger partial charge in [-0.1, -0.05) is 56.3 Å². The Morgan fingerprint density at radius 2 is 1.89 bits per heavy atom. The summed E-state index contributed by atoms with van der Waals surface area (Å²) in [6.45, 7) is 5.75. The largest absolute Gasteiger partial charge is 0.374 e. The number of benzene rings is 1. The van der Waals surface area contributed by atoms with Crippen LogP contribution in [-0.4, -0.2) is 18.5 Å². The summed E-state index contributed by atoms with van der Waals surface area (Å²) in [5, 5.41) is 0. The first-order valence-electron chi connectivity index (χ1n) is 7.28. The predicted octanol–water partition coefficient (Wildman–Crippen LogP) is 4.59. The SMILES string of the molecule is C[C@H](CC1=CC=CCN1C)C[C@@H](C)c1ccccc1. The van der Waals surface area contributed by atoms with E-state index in [9.17, 15) is 0 Å². The minimum atomic E-state index is 0.640. The molecule has 2 atom stereocenters. The van der Waals surface area contributed by atoms with Crippen molar-refractivity contribution in [3.05, 3.63) is 59.8 Å². The molecule has 0 aliphatic carbocycles. The minimum absolute atomic E-state index is 0.640. The maximum absolute atomic E-state index is 2.37. The highest BCUT2D eigenvalue weighted by Gasteiger charge is 2.14. The molecule has 0 unspecified atom stereocenters. The molecule has 0 N–H and O–H groups in total. The topological polar surface area (TPSA) is 3.24 Å². The van der Waals surface area contributed by atoms with Gasteiger partial charge in [0, 0.05) is 19.3 Å². The van der Waals surface area contributed by atoms with Gasteiger partial charge in [-0.25, -0.2) is 0 Å². The van der Waals surface area contributed by atoms with Crippen LogP contribution in [0.15, 0.2) is 54.3 Å². The van der Waals surface area contributed by atoms with E-state index in [0.717, 1.165) is 12.5 Å². The van der Waals surface area contributed by atoms with Gasteiger partial charge in [-0.3, -0.25) is 0 Å². The van der Waals surface area contributed by atoms with Crippen molar-refractivity contribution < 1.29 is 0 Å². The maximum Gasteiger partial charge on any atom is 0.0356 e. The summed E-state index contributed by atoms with van der Waals surface area (Å²) in [6, 6.07) is 10.9. The van der Waals surface area contributed by atoms with Crippen LogP contribution in [0.4, 0.5) is 0 Å². The molecule has 102 valence electrons. The second-order valence-corrected chi connectivity index (χ2v) is 5.82. The van der Waals surface area contributed by atoms with Crippen molar-refractivity contribution in [2.75, 3.05) is 13.6 Å². The number of likely N-dealkylation sites (N-methyl/N-ethyl adjacent to an activating group) is 1. The van der Waals surface area contributed by atoms with Gasteiger partial charge >= 0.3 is 0 Å². The second-order valence-electron chi connectivity index (χ2n) is 5.82. The Balaban J connectivity index is 1.89. The van der Waals surface area contributed by atoms with Gasteiger partial charge in [-0.15, -0.1) is 0 Å². The van der Waals surface area contributed by atoms with Crippen LogP contribution in [0.3, 0.4) is 0 Å². The van der Waals surface area contributed by atoms with Crippen molar-refractivity contribution in [3.8, 4) is 0 Å². The molecule has 1 aromatic carbocycles. The third-order valence-electron chi connectivity index (χ3n) is 3.98. The van der Waals surface area contributed by atoms with Crippen molar-refractivity contribution in [1.82, 2.24) is 4.90 Å². The van der Waals surface area contributed by atoms with Gasteiger partial charge in [0.25, 0.3) is 0 Å². The predicted molar refractivity (Wildman–Crippen MR) is 83.1 cm³/mol. The highest BCUT2D eigenvalue weighted by atomic mass is 15.1. The molecular weight excluding hydrogens is 230 g/mol. The minimum Gasteiger partial charge on any atom is -0.374 e. The van der Waals surface area contributed by atoms with Crippen molar-refractivity contribution >= 4 is 0 Å². The number of hydrogen-bond donors (Lipinski definition) is 0. The summed E-state index contributed by atoms with van der Waals surface area (Å²) in [5.74, 6) is 1.36. The molecule has 2 rings (SSSR count). The molecule has 0 saturated heterocycles. The molecule has 19 heavy (non-hydrogen) atoms. The number of nitrogens with zero attached hydrogens (tertiary/aromatic N) is 1. The lowest BCUT2D eigenvalue weighted by Gasteiger charge is -2.27. The fraction of sp³-hybridized carbons (Fsp3) is 0.444. The van der Waals surface area contributed by atoms with Crippen molar-refractivity contribution in [2.45, 2.75) is 32.6 Å². The van der Waals surface area contributed by atoms with Gasteiger partial charge in [0.2, 0.25) is 0 Å². The molecule has 0 amide bonds. The fourth-order valence-corrected chi connectivity index (χ4v) is 2.83. The lowest BCUT2D eigenvalue weighted by Crippen LogP contribution is -2.21. The quantitative estimate of drug-likeness (QED) is 0.743. The van der Waals surface area contributed by atoms with E-state index in [1.807, 2.05) is 0 Å². The molecule has 1 heteroatoms. The Morgan fingerprint density at radius 1 is 1.16 bits per heavy atom. The Labute approximate surface area is 117 Å². The van der Waals surface area contributed by atoms with Crippen LogP contribution in [0.1, 0.15) is 38.2 Å². The zero-order valence-corrected chi connectivity index (χ0v) is 12.3. The van der Waals surface area contributed by atoms with Crippen LogP contribution in [0, 0.1) is 5.92 Å². The first kappa shape index (κ1) is 13.9. The van der Waals surface area contributed by atoms with E-state index < -0.39 is 0 Å². The van der Waals surface area contributed by atoms with Gasteiger partial charge in [-0.05, 0) is 36.3 Å². The molecule has 0 spiro atoms. The number of allylic oxidation sites excluding steroid dienone is 3. The Hall–Kier alpha value is -1.50. The van der Waals surface area contributed by atoms with E-state index in [2.05, 4.69) is 74.4 Å². The summed E-state index contributed by atoms with van der Waals surface area (Å²) < 4.78 is 0. The molecule has 1 heterocycles. The van der Waals surface area contributed by atoms with Gasteiger partial charge in [0.05, 0.1) is 0 Å². The first-order chi connectivity index (χ1) is 9.16. The Bertz CT molecular complexity index is 444. The zero-order valence-electron chi connectivity index (χ0n) is 12.3. The second kappa shape index (κ2) is 6.60. The van der Waals surface area contributed by atoms with E-state index in [-0.39, 0.29) is 0 Å². The standard InChI is InChI=1S/C18H25N/c1-15(14-18-11-7-8-12-19(18)3)13-16(2)17-9-5-4-6-10-17/h4-11,15-16H,12-14H2,1-3H3/t15-,16+/m0/s1. The third kappa shape index (κ3) is 3.99. The maximum atomic E-state index is 2.37. The van der Waals surface area contributed by atoms with Crippen LogP contribution < -0.4 is 0 Å². The van der Waals surface area contributed by atoms with Crippen molar-refractivity contribution in [3.63, 3.8) is 0 Å². The molecule has 1 aliphatic heterocycles. The molecule has 1 nitrogen and oxygen atoms in total. The van der Waals surface area contributed by atoms with E-state index in [0.29, 0.717) is 5.92 Å². The zero-order chi connectivity index (χ0) is 13.7. The van der Waals surface area contributed by atoms with E-state index in [1.54, 1.807) is 0 Å². The molecule has 1 aromatic rings. The molecule has 0 aromatic heterocycles. The number of rotatable bonds is 5. The highest BCUT2D eigenvalue weighted by molar-refractivity contribution is 5.20. The van der Waals surface area contributed by atoms with Gasteiger partial charge < -0.3 is 4.90 Å². The molecule has 0 fully saturated rings. The van der Waals surface area contributed by atoms with Crippen LogP contribution in [0.5, 0.6) is 0 Å². The smallest absolute Gasteiger partial charge is 0.0356 e. The molecule has 0 saturated carbocycles. The van der Waals surface area contributed by atoms with Crippen molar-refractivity contribution in [2.24, 2.45) is 5.92 Å². The van der Waals surface area contributed by atoms with Gasteiger partial charge in [0.15, 0.2) is 0 Å². The summed E-state index contributed by atoms with van der Waals surface area (Å²) >= 11 is 0.